The van der Waals surface area contributed by atoms with Gasteiger partial charge in [-0.1, -0.05) is 121 Å². The van der Waals surface area contributed by atoms with Gasteiger partial charge in [0, 0.05) is 22.4 Å². The van der Waals surface area contributed by atoms with Gasteiger partial charge in [-0.05, 0) is 104 Å². The van der Waals surface area contributed by atoms with E-state index in [2.05, 4.69) is 158 Å². The molecule has 0 atom stereocenters. The van der Waals surface area contributed by atoms with Gasteiger partial charge in [-0.2, -0.15) is 5.26 Å². The van der Waals surface area contributed by atoms with E-state index in [1.807, 2.05) is 24.4 Å². The van der Waals surface area contributed by atoms with Gasteiger partial charge in [-0.15, -0.1) is 0 Å². The van der Waals surface area contributed by atoms with Crippen molar-refractivity contribution in [2.24, 2.45) is 0 Å². The van der Waals surface area contributed by atoms with Crippen LogP contribution < -0.4 is 0 Å². The molecule has 236 valence electrons. The number of aromatic nitrogens is 2. The number of benzene rings is 7. The van der Waals surface area contributed by atoms with Crippen molar-refractivity contribution in [3.8, 4) is 39.4 Å². The van der Waals surface area contributed by atoms with E-state index in [1.165, 1.54) is 22.3 Å². The summed E-state index contributed by atoms with van der Waals surface area (Å²) in [6.45, 7) is 0. The van der Waals surface area contributed by atoms with Crippen LogP contribution in [0.3, 0.4) is 0 Å². The van der Waals surface area contributed by atoms with Crippen LogP contribution in [-0.2, 0) is 5.41 Å². The zero-order chi connectivity index (χ0) is 33.9. The van der Waals surface area contributed by atoms with Gasteiger partial charge in [0.25, 0.3) is 0 Å². The average Bonchev–Trinajstić information content (AvgIpc) is 3.50. The van der Waals surface area contributed by atoms with Gasteiger partial charge >= 0.3 is 0 Å². The number of pyridine rings is 2. The van der Waals surface area contributed by atoms with Crippen LogP contribution in [0.25, 0.3) is 66.1 Å². The largest absolute Gasteiger partial charge is 0.254 e. The van der Waals surface area contributed by atoms with E-state index in [1.54, 1.807) is 0 Å². The van der Waals surface area contributed by atoms with E-state index < -0.39 is 5.41 Å². The highest BCUT2D eigenvalue weighted by atomic mass is 14.7. The summed E-state index contributed by atoms with van der Waals surface area (Å²) in [7, 11) is 0. The van der Waals surface area contributed by atoms with Crippen molar-refractivity contribution in [2.75, 3.05) is 0 Å². The lowest BCUT2D eigenvalue weighted by molar-refractivity contribution is 0.768. The van der Waals surface area contributed by atoms with Gasteiger partial charge < -0.3 is 0 Å². The predicted molar refractivity (Wildman–Crippen MR) is 207 cm³/mol. The molecule has 0 N–H and O–H groups in total. The van der Waals surface area contributed by atoms with Crippen molar-refractivity contribution in [3.05, 3.63) is 204 Å². The summed E-state index contributed by atoms with van der Waals surface area (Å²) >= 11 is 0. The molecule has 0 amide bonds. The molecule has 0 aliphatic heterocycles. The summed E-state index contributed by atoms with van der Waals surface area (Å²) in [5, 5.41) is 13.3. The second kappa shape index (κ2) is 11.3. The van der Waals surface area contributed by atoms with Gasteiger partial charge in [0.15, 0.2) is 0 Å². The van der Waals surface area contributed by atoms with Gasteiger partial charge in [-0.25, -0.2) is 4.98 Å². The van der Waals surface area contributed by atoms with Crippen LogP contribution >= 0.6 is 0 Å². The lowest BCUT2D eigenvalue weighted by atomic mass is 9.67. The van der Waals surface area contributed by atoms with Crippen LogP contribution in [0.5, 0.6) is 0 Å². The fourth-order valence-corrected chi connectivity index (χ4v) is 8.32. The van der Waals surface area contributed by atoms with E-state index in [0.29, 0.717) is 5.56 Å². The molecule has 0 spiro atoms. The zero-order valence-corrected chi connectivity index (χ0v) is 27.6. The number of rotatable bonds is 4. The van der Waals surface area contributed by atoms with Crippen LogP contribution in [0.1, 0.15) is 27.8 Å². The summed E-state index contributed by atoms with van der Waals surface area (Å²) in [6.07, 6.45) is 1.85. The molecular weight excluding hydrogens is 619 g/mol. The lowest BCUT2D eigenvalue weighted by Gasteiger charge is -2.34. The Bertz CT molecular complexity index is 2830. The molecule has 1 aliphatic rings. The molecule has 0 unspecified atom stereocenters. The number of hydrogen-bond donors (Lipinski definition) is 0. The molecule has 0 saturated heterocycles. The topological polar surface area (TPSA) is 49.6 Å². The van der Waals surface area contributed by atoms with E-state index in [0.717, 1.165) is 66.1 Å². The normalized spacial score (nSPS) is 12.8. The molecular formula is C48H29N3. The van der Waals surface area contributed by atoms with Crippen molar-refractivity contribution in [1.82, 2.24) is 9.97 Å². The molecule has 10 rings (SSSR count). The first-order valence-electron chi connectivity index (χ1n) is 17.2. The molecule has 7 aromatic carbocycles. The van der Waals surface area contributed by atoms with E-state index in [-0.39, 0.29) is 0 Å². The second-order valence-corrected chi connectivity index (χ2v) is 13.3. The maximum atomic E-state index is 10.0. The molecule has 0 bridgehead atoms. The number of fused-ring (bicyclic) bond motifs is 7. The van der Waals surface area contributed by atoms with Crippen molar-refractivity contribution in [3.63, 3.8) is 0 Å². The van der Waals surface area contributed by atoms with Crippen LogP contribution in [0.15, 0.2) is 176 Å². The Balaban J connectivity index is 1.19. The van der Waals surface area contributed by atoms with Crippen LogP contribution in [0.2, 0.25) is 0 Å². The first-order valence-corrected chi connectivity index (χ1v) is 17.2. The Morgan fingerprint density at radius 3 is 1.94 bits per heavy atom. The summed E-state index contributed by atoms with van der Waals surface area (Å²) in [5.41, 5.74) is 14.4. The number of para-hydroxylation sites is 1. The first kappa shape index (κ1) is 29.1. The average molecular weight is 648 g/mol. The Kier molecular flexibility index (Phi) is 6.46. The van der Waals surface area contributed by atoms with Crippen molar-refractivity contribution >= 4 is 32.7 Å². The maximum absolute atomic E-state index is 10.0. The summed E-state index contributed by atoms with van der Waals surface area (Å²) in [6, 6.07) is 62.6. The fourth-order valence-electron chi connectivity index (χ4n) is 8.32. The van der Waals surface area contributed by atoms with Gasteiger partial charge in [0.1, 0.15) is 0 Å². The molecule has 3 nitrogen and oxygen atoms in total. The SMILES string of the molecule is N#Cc1ccc2c(c1)C(c1ccccc1)(c1ccccc1)c1cc(-c3cccc(-c4cc5cc6ccccc6nc5c5ncccc45)c3)ccc1-2. The Hall–Kier alpha value is -6.89. The Labute approximate surface area is 295 Å². The van der Waals surface area contributed by atoms with Crippen LogP contribution in [0.4, 0.5) is 0 Å². The smallest absolute Gasteiger partial charge is 0.0991 e. The molecule has 3 heteroatoms. The highest BCUT2D eigenvalue weighted by molar-refractivity contribution is 6.12. The third-order valence-electron chi connectivity index (χ3n) is 10.6. The lowest BCUT2D eigenvalue weighted by Crippen LogP contribution is -2.28. The molecule has 0 saturated carbocycles. The monoisotopic (exact) mass is 647 g/mol. The molecule has 0 radical (unpaired) electrons. The minimum absolute atomic E-state index is 0.594. The van der Waals surface area contributed by atoms with Crippen LogP contribution in [-0.4, -0.2) is 9.97 Å². The molecule has 9 aromatic rings. The van der Waals surface area contributed by atoms with E-state index >= 15 is 0 Å². The van der Waals surface area contributed by atoms with Gasteiger partial charge in [0.2, 0.25) is 0 Å². The molecule has 0 fully saturated rings. The number of nitrogens with zero attached hydrogens (tertiary/aromatic N) is 3. The summed E-state index contributed by atoms with van der Waals surface area (Å²) in [4.78, 5) is 9.90. The Morgan fingerprint density at radius 1 is 0.471 bits per heavy atom. The Morgan fingerprint density at radius 2 is 1.16 bits per heavy atom. The fraction of sp³-hybridized carbons (Fsp3) is 0.0208. The third kappa shape index (κ3) is 4.37. The predicted octanol–water partition coefficient (Wildman–Crippen LogP) is 11.5. The first-order chi connectivity index (χ1) is 25.2. The highest BCUT2D eigenvalue weighted by Gasteiger charge is 2.46. The quantitative estimate of drug-likeness (QED) is 0.141. The van der Waals surface area contributed by atoms with Crippen LogP contribution in [0, 0.1) is 11.3 Å². The molecule has 1 aliphatic carbocycles. The molecule has 2 heterocycles. The van der Waals surface area contributed by atoms with E-state index in [9.17, 15) is 5.26 Å². The van der Waals surface area contributed by atoms with Gasteiger partial charge in [0.05, 0.1) is 33.6 Å². The minimum atomic E-state index is -0.594. The summed E-state index contributed by atoms with van der Waals surface area (Å²) < 4.78 is 0. The van der Waals surface area contributed by atoms with Crippen molar-refractivity contribution < 1.29 is 0 Å². The van der Waals surface area contributed by atoms with E-state index in [4.69, 9.17) is 9.97 Å². The zero-order valence-electron chi connectivity index (χ0n) is 27.6. The molecule has 2 aromatic heterocycles. The standard InChI is InChI=1S/C48H29N3/c49-30-31-20-22-39-40-23-21-33(29-44(40)48(43(39)25-31,37-14-3-1-4-15-37)38-16-5-2-6-17-38)32-12-9-13-34(26-32)42-28-36-27-35-11-7-8-19-45(35)51-46(36)47-41(42)18-10-24-50-47/h1-29H. The summed E-state index contributed by atoms with van der Waals surface area (Å²) in [5.74, 6) is 0. The minimum Gasteiger partial charge on any atom is -0.254 e. The highest BCUT2D eigenvalue weighted by Crippen LogP contribution is 2.57. The number of hydrogen-bond acceptors (Lipinski definition) is 3. The third-order valence-corrected chi connectivity index (χ3v) is 10.6. The molecule has 51 heavy (non-hydrogen) atoms. The van der Waals surface area contributed by atoms with Crippen molar-refractivity contribution in [2.45, 2.75) is 5.41 Å². The number of nitriles is 1. The maximum Gasteiger partial charge on any atom is 0.0991 e. The van der Waals surface area contributed by atoms with Crippen molar-refractivity contribution in [1.29, 1.82) is 5.26 Å². The second-order valence-electron chi connectivity index (χ2n) is 13.3. The van der Waals surface area contributed by atoms with Gasteiger partial charge in [-0.3, -0.25) is 4.98 Å².